The molecular weight excluding hydrogens is 200 g/mol. The van der Waals surface area contributed by atoms with Crippen LogP contribution in [0.5, 0.6) is 0 Å². The van der Waals surface area contributed by atoms with E-state index in [1.54, 1.807) is 0 Å². The lowest BCUT2D eigenvalue weighted by Gasteiger charge is -2.39. The Morgan fingerprint density at radius 1 is 0.867 bits per heavy atom. The van der Waals surface area contributed by atoms with Gasteiger partial charge in [-0.2, -0.15) is 0 Å². The van der Waals surface area contributed by atoms with E-state index in [-0.39, 0.29) is 30.3 Å². The van der Waals surface area contributed by atoms with Crippen LogP contribution >= 0.6 is 0 Å². The van der Waals surface area contributed by atoms with E-state index in [1.165, 1.54) is 0 Å². The minimum Gasteiger partial charge on any atom is -0.393 e. The zero-order valence-electron chi connectivity index (χ0n) is 7.76. The van der Waals surface area contributed by atoms with Gasteiger partial charge in [-0.3, -0.25) is 19.2 Å². The Morgan fingerprint density at radius 3 is 2.00 bits per heavy atom. The lowest BCUT2D eigenvalue weighted by Crippen LogP contribution is -2.51. The van der Waals surface area contributed by atoms with Gasteiger partial charge >= 0.3 is 11.9 Å². The molecule has 4 aliphatic rings. The third-order valence-electron chi connectivity index (χ3n) is 3.62. The molecule has 3 aliphatic carbocycles. The van der Waals surface area contributed by atoms with Crippen LogP contribution in [0.15, 0.2) is 0 Å². The lowest BCUT2D eigenvalue weighted by molar-refractivity contribution is -0.156. The molecule has 1 heterocycles. The third kappa shape index (κ3) is 0.926. The van der Waals surface area contributed by atoms with Crippen molar-refractivity contribution in [2.24, 2.45) is 23.7 Å². The number of ether oxygens (including phenoxy) is 1. The number of esters is 2. The molecule has 2 atom stereocenters. The van der Waals surface area contributed by atoms with Crippen LogP contribution in [0.25, 0.3) is 0 Å². The fourth-order valence-electron chi connectivity index (χ4n) is 3.03. The van der Waals surface area contributed by atoms with E-state index >= 15 is 0 Å². The van der Waals surface area contributed by atoms with Crippen LogP contribution in [-0.2, 0) is 23.9 Å². The first-order chi connectivity index (χ1) is 7.09. The van der Waals surface area contributed by atoms with E-state index in [2.05, 4.69) is 4.74 Å². The molecule has 0 aromatic rings. The number of Topliss-reactive ketones (excluding diaryl/α,β-unsaturated/α-hetero) is 2. The summed E-state index contributed by atoms with van der Waals surface area (Å²) in [4.78, 5) is 45.8. The van der Waals surface area contributed by atoms with E-state index in [9.17, 15) is 19.2 Å². The molecule has 0 aromatic carbocycles. The summed E-state index contributed by atoms with van der Waals surface area (Å²) in [5, 5.41) is 0. The van der Waals surface area contributed by atoms with Crippen LogP contribution in [0.4, 0.5) is 0 Å². The second-order valence-electron chi connectivity index (χ2n) is 4.37. The zero-order valence-corrected chi connectivity index (χ0v) is 7.76. The molecule has 0 spiro atoms. The van der Waals surface area contributed by atoms with Gasteiger partial charge in [0, 0.05) is 12.8 Å². The van der Waals surface area contributed by atoms with Crippen LogP contribution < -0.4 is 0 Å². The predicted octanol–water partition coefficient (Wildman–Crippen LogP) is -0.520. The van der Waals surface area contributed by atoms with Gasteiger partial charge in [0.05, 0.1) is 17.8 Å². The van der Waals surface area contributed by atoms with E-state index in [4.69, 9.17) is 0 Å². The highest BCUT2D eigenvalue weighted by Gasteiger charge is 2.62. The Bertz CT molecular complexity index is 392. The fourth-order valence-corrected chi connectivity index (χ4v) is 3.03. The maximum Gasteiger partial charge on any atom is 0.318 e. The van der Waals surface area contributed by atoms with Gasteiger partial charge in [-0.25, -0.2) is 0 Å². The number of rotatable bonds is 0. The highest BCUT2D eigenvalue weighted by atomic mass is 16.6. The SMILES string of the molecule is O=C1CC2CC(=O)C1C1C(=O)OC(=O)C21. The van der Waals surface area contributed by atoms with Crippen molar-refractivity contribution in [2.45, 2.75) is 12.8 Å². The van der Waals surface area contributed by atoms with Gasteiger partial charge < -0.3 is 4.74 Å². The highest BCUT2D eigenvalue weighted by Crippen LogP contribution is 2.49. The van der Waals surface area contributed by atoms with Crippen molar-refractivity contribution in [3.05, 3.63) is 0 Å². The Hall–Kier alpha value is -1.52. The summed E-state index contributed by atoms with van der Waals surface area (Å²) in [5.41, 5.74) is 0. The number of cyclic esters (lactones) is 2. The minimum absolute atomic E-state index is 0.204. The van der Waals surface area contributed by atoms with Gasteiger partial charge in [-0.05, 0) is 5.92 Å². The van der Waals surface area contributed by atoms with Crippen molar-refractivity contribution in [1.82, 2.24) is 0 Å². The van der Waals surface area contributed by atoms with Crippen molar-refractivity contribution >= 4 is 23.5 Å². The van der Waals surface area contributed by atoms with E-state index in [1.807, 2.05) is 0 Å². The summed E-state index contributed by atoms with van der Waals surface area (Å²) in [5.74, 6) is -4.23. The minimum atomic E-state index is -0.904. The molecule has 0 N–H and O–H groups in total. The molecule has 5 heteroatoms. The standard InChI is InChI=1S/C10H8O5/c11-4-1-3-2-5(12)7(4)8-6(3)9(13)15-10(8)14/h3,6-8H,1-2H2. The topological polar surface area (TPSA) is 77.5 Å². The van der Waals surface area contributed by atoms with Crippen molar-refractivity contribution in [3.63, 3.8) is 0 Å². The van der Waals surface area contributed by atoms with Crippen molar-refractivity contribution in [1.29, 1.82) is 0 Å². The molecule has 2 bridgehead atoms. The quantitative estimate of drug-likeness (QED) is 0.395. The lowest BCUT2D eigenvalue weighted by atomic mass is 9.58. The number of hydrogen-bond donors (Lipinski definition) is 0. The van der Waals surface area contributed by atoms with Crippen molar-refractivity contribution in [3.8, 4) is 0 Å². The van der Waals surface area contributed by atoms with Gasteiger partial charge in [0.2, 0.25) is 0 Å². The number of carbonyl (C=O) groups excluding carboxylic acids is 4. The molecule has 5 nitrogen and oxygen atoms in total. The fraction of sp³-hybridized carbons (Fsp3) is 0.600. The zero-order chi connectivity index (χ0) is 10.7. The average Bonchev–Trinajstić information content (AvgIpc) is 2.43. The van der Waals surface area contributed by atoms with Gasteiger partial charge in [-0.15, -0.1) is 0 Å². The first-order valence-electron chi connectivity index (χ1n) is 4.90. The summed E-state index contributed by atoms with van der Waals surface area (Å²) < 4.78 is 4.50. The summed E-state index contributed by atoms with van der Waals surface area (Å²) in [6.45, 7) is 0. The second kappa shape index (κ2) is 2.53. The molecule has 1 saturated heterocycles. The van der Waals surface area contributed by atoms with E-state index in [0.29, 0.717) is 0 Å². The van der Waals surface area contributed by atoms with Gasteiger partial charge in [-0.1, -0.05) is 0 Å². The average molecular weight is 208 g/mol. The van der Waals surface area contributed by atoms with Crippen LogP contribution in [0.1, 0.15) is 12.8 Å². The molecule has 0 radical (unpaired) electrons. The second-order valence-corrected chi connectivity index (χ2v) is 4.37. The molecule has 2 unspecified atom stereocenters. The molecule has 78 valence electrons. The Morgan fingerprint density at radius 2 is 1.40 bits per heavy atom. The first-order valence-corrected chi connectivity index (χ1v) is 4.90. The number of fused-ring (bicyclic) bond motifs is 2. The summed E-state index contributed by atoms with van der Waals surface area (Å²) >= 11 is 0. The van der Waals surface area contributed by atoms with Crippen molar-refractivity contribution < 1.29 is 23.9 Å². The van der Waals surface area contributed by atoms with Gasteiger partial charge in [0.25, 0.3) is 0 Å². The normalized spacial score (nSPS) is 43.2. The third-order valence-corrected chi connectivity index (χ3v) is 3.62. The largest absolute Gasteiger partial charge is 0.393 e. The Labute approximate surface area is 84.8 Å². The molecule has 4 fully saturated rings. The molecule has 0 amide bonds. The number of hydrogen-bond acceptors (Lipinski definition) is 5. The van der Waals surface area contributed by atoms with Crippen LogP contribution in [0.2, 0.25) is 0 Å². The Balaban J connectivity index is 2.10. The summed E-state index contributed by atoms with van der Waals surface area (Å²) in [6, 6.07) is 0. The van der Waals surface area contributed by atoms with Crippen LogP contribution in [0, 0.1) is 23.7 Å². The monoisotopic (exact) mass is 208 g/mol. The van der Waals surface area contributed by atoms with Gasteiger partial charge in [0.1, 0.15) is 11.6 Å². The van der Waals surface area contributed by atoms with Crippen molar-refractivity contribution in [2.75, 3.05) is 0 Å². The predicted molar refractivity (Wildman–Crippen MR) is 44.3 cm³/mol. The van der Waals surface area contributed by atoms with Crippen LogP contribution in [-0.4, -0.2) is 23.5 Å². The molecule has 0 aromatic heterocycles. The van der Waals surface area contributed by atoms with E-state index < -0.39 is 29.7 Å². The molecule has 4 rings (SSSR count). The summed E-state index contributed by atoms with van der Waals surface area (Å²) in [6.07, 6.45) is 0.472. The molecule has 3 saturated carbocycles. The molecular formula is C10H8O5. The molecule has 15 heavy (non-hydrogen) atoms. The highest BCUT2D eigenvalue weighted by molar-refractivity contribution is 6.13. The smallest absolute Gasteiger partial charge is 0.318 e. The summed E-state index contributed by atoms with van der Waals surface area (Å²) in [7, 11) is 0. The number of carbonyl (C=O) groups is 4. The Kier molecular flexibility index (Phi) is 1.48. The van der Waals surface area contributed by atoms with E-state index in [0.717, 1.165) is 0 Å². The maximum atomic E-state index is 11.5. The van der Waals surface area contributed by atoms with Crippen LogP contribution in [0.3, 0.4) is 0 Å². The molecule has 1 aliphatic heterocycles. The van der Waals surface area contributed by atoms with Gasteiger partial charge in [0.15, 0.2) is 0 Å². The number of ketones is 2. The maximum absolute atomic E-state index is 11.5. The first kappa shape index (κ1) is 8.76.